The van der Waals surface area contributed by atoms with Gasteiger partial charge in [0.2, 0.25) is 0 Å². The predicted octanol–water partition coefficient (Wildman–Crippen LogP) is 3.13. The number of nitrogens with zero attached hydrogens (tertiary/aromatic N) is 2. The molecule has 0 saturated heterocycles. The lowest BCUT2D eigenvalue weighted by molar-refractivity contribution is -0.155. The highest BCUT2D eigenvalue weighted by molar-refractivity contribution is 5.92. The molecule has 0 unspecified atom stereocenters. The fourth-order valence-corrected chi connectivity index (χ4v) is 1.81. The molecular weight excluding hydrogens is 314 g/mol. The number of nitrogens with one attached hydrogen (secondary N) is 1. The van der Waals surface area contributed by atoms with E-state index in [0.717, 1.165) is 36.5 Å². The van der Waals surface area contributed by atoms with Crippen LogP contribution in [0, 0.1) is 17.1 Å². The van der Waals surface area contributed by atoms with Crippen molar-refractivity contribution in [3.63, 3.8) is 0 Å². The summed E-state index contributed by atoms with van der Waals surface area (Å²) in [5.41, 5.74) is -0.395. The third kappa shape index (κ3) is 4.03. The molecule has 0 spiro atoms. The lowest BCUT2D eigenvalue weighted by Crippen LogP contribution is -2.38. The number of rotatable bonds is 3. The zero-order chi connectivity index (χ0) is 17.0. The zero-order valence-electron chi connectivity index (χ0n) is 11.4. The highest BCUT2D eigenvalue weighted by Crippen LogP contribution is 2.32. The molecule has 1 aromatic heterocycles. The number of hydrogen-bond acceptors (Lipinski definition) is 3. The molecule has 0 fully saturated rings. The Kier molecular flexibility index (Phi) is 4.60. The number of aromatic nitrogens is 1. The third-order valence-corrected chi connectivity index (χ3v) is 2.93. The van der Waals surface area contributed by atoms with Crippen LogP contribution in [-0.2, 0) is 0 Å². The molecular formula is C15H9F4N3O. The first kappa shape index (κ1) is 16.4. The van der Waals surface area contributed by atoms with Gasteiger partial charge in [0.05, 0.1) is 5.56 Å². The quantitative estimate of drug-likeness (QED) is 0.883. The predicted molar refractivity (Wildman–Crippen MR) is 71.6 cm³/mol. The molecule has 0 bridgehead atoms. The van der Waals surface area contributed by atoms with E-state index in [1.54, 1.807) is 6.07 Å². The van der Waals surface area contributed by atoms with E-state index in [9.17, 15) is 22.4 Å². The molecule has 1 aromatic carbocycles. The minimum Gasteiger partial charge on any atom is -0.335 e. The van der Waals surface area contributed by atoms with E-state index in [0.29, 0.717) is 0 Å². The van der Waals surface area contributed by atoms with E-state index < -0.39 is 23.9 Å². The lowest BCUT2D eigenvalue weighted by atomic mass is 10.1. The summed E-state index contributed by atoms with van der Waals surface area (Å²) in [6.45, 7) is 0. The molecule has 8 heteroatoms. The van der Waals surface area contributed by atoms with Crippen molar-refractivity contribution in [2.24, 2.45) is 0 Å². The van der Waals surface area contributed by atoms with Crippen molar-refractivity contribution in [3.05, 3.63) is 65.2 Å². The van der Waals surface area contributed by atoms with Gasteiger partial charge in [0.1, 0.15) is 17.6 Å². The van der Waals surface area contributed by atoms with E-state index in [4.69, 9.17) is 5.26 Å². The Balaban J connectivity index is 2.25. The van der Waals surface area contributed by atoms with E-state index in [2.05, 4.69) is 4.98 Å². The Hall–Kier alpha value is -2.95. The summed E-state index contributed by atoms with van der Waals surface area (Å²) in [4.78, 5) is 15.5. The highest BCUT2D eigenvalue weighted by atomic mass is 19.4. The minimum absolute atomic E-state index is 0.174. The average molecular weight is 323 g/mol. The Labute approximate surface area is 128 Å². The summed E-state index contributed by atoms with van der Waals surface area (Å²) in [6.07, 6.45) is -3.69. The molecule has 1 heterocycles. The van der Waals surface area contributed by atoms with Crippen LogP contribution in [0.1, 0.15) is 27.7 Å². The summed E-state index contributed by atoms with van der Waals surface area (Å²) in [6, 6.07) is 5.53. The van der Waals surface area contributed by atoms with Crippen LogP contribution < -0.4 is 5.32 Å². The molecule has 2 rings (SSSR count). The second-order valence-corrected chi connectivity index (χ2v) is 4.54. The van der Waals surface area contributed by atoms with Crippen LogP contribution in [0.25, 0.3) is 0 Å². The van der Waals surface area contributed by atoms with Gasteiger partial charge < -0.3 is 5.32 Å². The normalized spacial score (nSPS) is 12.3. The molecule has 1 amide bonds. The fraction of sp³-hybridized carbons (Fsp3) is 0.133. The standard InChI is InChI=1S/C15H9F4N3O/c16-11-4-2-10(3-5-11)13(15(17,18)19)22-14(23)12-6-1-9(7-20)8-21-12/h1-6,8,13H,(H,22,23)/t13-/m0/s1. The second-order valence-electron chi connectivity index (χ2n) is 4.54. The van der Waals surface area contributed by atoms with Crippen molar-refractivity contribution in [2.75, 3.05) is 0 Å². The maximum absolute atomic E-state index is 13.1. The van der Waals surface area contributed by atoms with Crippen LogP contribution in [-0.4, -0.2) is 17.1 Å². The molecule has 23 heavy (non-hydrogen) atoms. The van der Waals surface area contributed by atoms with Crippen molar-refractivity contribution in [1.29, 1.82) is 5.26 Å². The van der Waals surface area contributed by atoms with Crippen LogP contribution in [0.5, 0.6) is 0 Å². The molecule has 4 nitrogen and oxygen atoms in total. The van der Waals surface area contributed by atoms with Gasteiger partial charge in [-0.05, 0) is 29.8 Å². The van der Waals surface area contributed by atoms with Gasteiger partial charge in [0, 0.05) is 6.20 Å². The minimum atomic E-state index is -4.76. The highest BCUT2D eigenvalue weighted by Gasteiger charge is 2.42. The van der Waals surface area contributed by atoms with Gasteiger partial charge >= 0.3 is 6.18 Å². The first-order valence-corrected chi connectivity index (χ1v) is 6.30. The summed E-state index contributed by atoms with van der Waals surface area (Å²) < 4.78 is 52.2. The molecule has 118 valence electrons. The first-order chi connectivity index (χ1) is 10.8. The number of hydrogen-bond donors (Lipinski definition) is 1. The maximum atomic E-state index is 13.1. The molecule has 0 radical (unpaired) electrons. The van der Waals surface area contributed by atoms with Crippen LogP contribution in [0.4, 0.5) is 17.6 Å². The maximum Gasteiger partial charge on any atom is 0.412 e. The number of halogens is 4. The Bertz CT molecular complexity index is 733. The lowest BCUT2D eigenvalue weighted by Gasteiger charge is -2.21. The van der Waals surface area contributed by atoms with Gasteiger partial charge in [0.25, 0.3) is 5.91 Å². The van der Waals surface area contributed by atoms with Crippen LogP contribution in [0.2, 0.25) is 0 Å². The number of benzene rings is 1. The van der Waals surface area contributed by atoms with E-state index in [1.165, 1.54) is 6.07 Å². The molecule has 0 aliphatic rings. The van der Waals surface area contributed by atoms with Gasteiger partial charge in [0.15, 0.2) is 6.04 Å². The summed E-state index contributed by atoms with van der Waals surface area (Å²) in [5.74, 6) is -1.74. The Morgan fingerprint density at radius 1 is 1.17 bits per heavy atom. The van der Waals surface area contributed by atoms with E-state index in [1.807, 2.05) is 5.32 Å². The smallest absolute Gasteiger partial charge is 0.335 e. The molecule has 2 aromatic rings. The Morgan fingerprint density at radius 2 is 1.83 bits per heavy atom. The summed E-state index contributed by atoms with van der Waals surface area (Å²) in [7, 11) is 0. The molecule has 0 aliphatic heterocycles. The van der Waals surface area contributed by atoms with Crippen molar-refractivity contribution < 1.29 is 22.4 Å². The molecule has 0 saturated carbocycles. The van der Waals surface area contributed by atoms with Gasteiger partial charge in [-0.1, -0.05) is 12.1 Å². The monoisotopic (exact) mass is 323 g/mol. The number of nitriles is 1. The van der Waals surface area contributed by atoms with Crippen molar-refractivity contribution >= 4 is 5.91 Å². The van der Waals surface area contributed by atoms with Gasteiger partial charge in [-0.3, -0.25) is 4.79 Å². The van der Waals surface area contributed by atoms with Crippen LogP contribution in [0.3, 0.4) is 0 Å². The third-order valence-electron chi connectivity index (χ3n) is 2.93. The summed E-state index contributed by atoms with van der Waals surface area (Å²) in [5, 5.41) is 10.4. The molecule has 1 atom stereocenters. The number of carbonyl (C=O) groups excluding carboxylic acids is 1. The number of carbonyl (C=O) groups is 1. The number of alkyl halides is 3. The average Bonchev–Trinajstić information content (AvgIpc) is 2.52. The topological polar surface area (TPSA) is 65.8 Å². The van der Waals surface area contributed by atoms with Crippen molar-refractivity contribution in [2.45, 2.75) is 12.2 Å². The number of amides is 1. The number of pyridine rings is 1. The van der Waals surface area contributed by atoms with Crippen molar-refractivity contribution in [3.8, 4) is 6.07 Å². The van der Waals surface area contributed by atoms with Crippen LogP contribution in [0.15, 0.2) is 42.6 Å². The van der Waals surface area contributed by atoms with E-state index in [-0.39, 0.29) is 16.8 Å². The second kappa shape index (κ2) is 6.44. The van der Waals surface area contributed by atoms with Crippen LogP contribution >= 0.6 is 0 Å². The van der Waals surface area contributed by atoms with Gasteiger partial charge in [-0.2, -0.15) is 18.4 Å². The molecule has 0 aliphatic carbocycles. The van der Waals surface area contributed by atoms with Gasteiger partial charge in [-0.15, -0.1) is 0 Å². The summed E-state index contributed by atoms with van der Waals surface area (Å²) >= 11 is 0. The first-order valence-electron chi connectivity index (χ1n) is 6.30. The largest absolute Gasteiger partial charge is 0.412 e. The zero-order valence-corrected chi connectivity index (χ0v) is 11.4. The van der Waals surface area contributed by atoms with E-state index >= 15 is 0 Å². The van der Waals surface area contributed by atoms with Gasteiger partial charge in [-0.25, -0.2) is 9.37 Å². The van der Waals surface area contributed by atoms with Crippen molar-refractivity contribution in [1.82, 2.24) is 10.3 Å². The fourth-order valence-electron chi connectivity index (χ4n) is 1.81. The SMILES string of the molecule is N#Cc1ccc(C(=O)N[C@@H](c2ccc(F)cc2)C(F)(F)F)nc1. The molecule has 1 N–H and O–H groups in total. The Morgan fingerprint density at radius 3 is 2.30 bits per heavy atom.